The summed E-state index contributed by atoms with van der Waals surface area (Å²) in [6, 6.07) is 1.77. The molecule has 0 rings (SSSR count). The fourth-order valence-electron chi connectivity index (χ4n) is 0.147. The smallest absolute Gasteiger partial charge is 0.413 e. The molecule has 12 heavy (non-hydrogen) atoms. The first-order chi connectivity index (χ1) is 5.47. The Morgan fingerprint density at radius 3 is 2.17 bits per heavy atom. The fraction of sp³-hybridized carbons (Fsp3) is 0.400. The second-order valence-electron chi connectivity index (χ2n) is 1.39. The van der Waals surface area contributed by atoms with Crippen molar-refractivity contribution >= 4 is 7.82 Å². The average Bonchev–Trinajstić information content (AvgIpc) is 1.87. The Bertz CT molecular complexity index is 193. The van der Waals surface area contributed by atoms with Crippen LogP contribution >= 0.6 is 7.82 Å². The van der Waals surface area contributed by atoms with Crippen molar-refractivity contribution < 1.29 is 24.0 Å². The lowest BCUT2D eigenvalue weighted by Gasteiger charge is -1.96. The normalized spacial score (nSPS) is 8.83. The molecule has 0 fully saturated rings. The van der Waals surface area contributed by atoms with Crippen molar-refractivity contribution in [3.63, 3.8) is 0 Å². The number of phosphoric ester groups is 1. The molecule has 0 radical (unpaired) electrons. The number of nitriles is 1. The summed E-state index contributed by atoms with van der Waals surface area (Å²) in [6.07, 6.45) is 0.945. The molecule has 0 aliphatic carbocycles. The number of phosphoric acid groups is 1. The van der Waals surface area contributed by atoms with Gasteiger partial charge in [0.2, 0.25) is 0 Å². The Morgan fingerprint density at radius 1 is 1.67 bits per heavy atom. The number of rotatable bonds is 3. The van der Waals surface area contributed by atoms with E-state index in [0.717, 1.165) is 0 Å². The summed E-state index contributed by atoms with van der Waals surface area (Å²) < 4.78 is 13.3. The molecular weight excluding hydrogens is 185 g/mol. The number of aliphatic hydroxyl groups is 1. The first kappa shape index (κ1) is 13.7. The SMILES string of the molecule is C=COP(=O)(O)O.N#CCCO. The highest BCUT2D eigenvalue weighted by Crippen LogP contribution is 2.35. The van der Waals surface area contributed by atoms with E-state index in [9.17, 15) is 4.57 Å². The Morgan fingerprint density at radius 2 is 2.17 bits per heavy atom. The van der Waals surface area contributed by atoms with Gasteiger partial charge in [-0.15, -0.1) is 0 Å². The molecule has 0 spiro atoms. The molecule has 6 nitrogen and oxygen atoms in total. The van der Waals surface area contributed by atoms with E-state index in [1.807, 2.05) is 0 Å². The number of aliphatic hydroxyl groups excluding tert-OH is 1. The van der Waals surface area contributed by atoms with Gasteiger partial charge in [0, 0.05) is 0 Å². The topological polar surface area (TPSA) is 111 Å². The van der Waals surface area contributed by atoms with E-state index in [-0.39, 0.29) is 13.0 Å². The molecule has 0 heterocycles. The predicted octanol–water partition coefficient (Wildman–Crippen LogP) is 0.132. The molecule has 70 valence electrons. The van der Waals surface area contributed by atoms with Gasteiger partial charge in [0.15, 0.2) is 0 Å². The zero-order chi connectivity index (χ0) is 10.0. The summed E-state index contributed by atoms with van der Waals surface area (Å²) >= 11 is 0. The third kappa shape index (κ3) is 22.9. The zero-order valence-corrected chi connectivity index (χ0v) is 7.15. The van der Waals surface area contributed by atoms with E-state index in [1.54, 1.807) is 6.07 Å². The maximum atomic E-state index is 9.63. The summed E-state index contributed by atoms with van der Waals surface area (Å²) in [5, 5.41) is 15.5. The highest BCUT2D eigenvalue weighted by molar-refractivity contribution is 7.46. The van der Waals surface area contributed by atoms with E-state index < -0.39 is 7.82 Å². The predicted molar refractivity (Wildman–Crippen MR) is 40.6 cm³/mol. The van der Waals surface area contributed by atoms with Gasteiger partial charge in [-0.05, 0) is 0 Å². The van der Waals surface area contributed by atoms with Gasteiger partial charge in [-0.1, -0.05) is 6.58 Å². The highest BCUT2D eigenvalue weighted by atomic mass is 31.2. The summed E-state index contributed by atoms with van der Waals surface area (Å²) in [5.74, 6) is 0. The minimum atomic E-state index is -4.28. The number of hydrogen-bond acceptors (Lipinski definition) is 4. The first-order valence-corrected chi connectivity index (χ1v) is 4.33. The minimum Gasteiger partial charge on any atom is -0.413 e. The summed E-state index contributed by atoms with van der Waals surface area (Å²) in [7, 11) is -4.28. The fourth-order valence-corrected chi connectivity index (χ4v) is 0.341. The summed E-state index contributed by atoms with van der Waals surface area (Å²) in [5.41, 5.74) is 0. The quantitative estimate of drug-likeness (QED) is 0.436. The summed E-state index contributed by atoms with van der Waals surface area (Å²) in [6.45, 7) is 2.91. The van der Waals surface area contributed by atoms with E-state index in [2.05, 4.69) is 11.1 Å². The van der Waals surface area contributed by atoms with E-state index >= 15 is 0 Å². The Kier molecular flexibility index (Phi) is 9.41. The molecule has 3 N–H and O–H groups in total. The lowest BCUT2D eigenvalue weighted by atomic mass is 10.5. The van der Waals surface area contributed by atoms with Crippen molar-refractivity contribution in [2.45, 2.75) is 6.42 Å². The molecule has 7 heteroatoms. The number of nitrogens with zero attached hydrogens (tertiary/aromatic N) is 1. The van der Waals surface area contributed by atoms with Crippen LogP contribution in [0.2, 0.25) is 0 Å². The van der Waals surface area contributed by atoms with Crippen LogP contribution in [0.15, 0.2) is 12.8 Å². The van der Waals surface area contributed by atoms with E-state index in [0.29, 0.717) is 6.26 Å². The van der Waals surface area contributed by atoms with Crippen molar-refractivity contribution in [3.8, 4) is 6.07 Å². The van der Waals surface area contributed by atoms with Crippen molar-refractivity contribution in [1.82, 2.24) is 0 Å². The maximum absolute atomic E-state index is 9.63. The van der Waals surface area contributed by atoms with Crippen LogP contribution in [0.3, 0.4) is 0 Å². The molecule has 0 saturated carbocycles. The summed E-state index contributed by atoms with van der Waals surface area (Å²) in [4.78, 5) is 15.7. The van der Waals surface area contributed by atoms with Crippen LogP contribution < -0.4 is 0 Å². The second kappa shape index (κ2) is 8.24. The van der Waals surface area contributed by atoms with Crippen LogP contribution in [0.25, 0.3) is 0 Å². The molecular formula is C5H10NO5P. The van der Waals surface area contributed by atoms with Gasteiger partial charge in [0.25, 0.3) is 0 Å². The lowest BCUT2D eigenvalue weighted by Crippen LogP contribution is -1.75. The maximum Gasteiger partial charge on any atom is 0.524 e. The van der Waals surface area contributed by atoms with Gasteiger partial charge in [0.1, 0.15) is 0 Å². The average molecular weight is 195 g/mol. The molecule has 0 saturated heterocycles. The molecule has 0 amide bonds. The molecule has 0 aromatic heterocycles. The molecule has 0 aromatic rings. The Balaban J connectivity index is 0. The van der Waals surface area contributed by atoms with Crippen LogP contribution in [-0.4, -0.2) is 21.5 Å². The molecule has 0 atom stereocenters. The van der Waals surface area contributed by atoms with Crippen LogP contribution in [-0.2, 0) is 9.09 Å². The van der Waals surface area contributed by atoms with Crippen LogP contribution in [0.1, 0.15) is 6.42 Å². The highest BCUT2D eigenvalue weighted by Gasteiger charge is 2.10. The van der Waals surface area contributed by atoms with Gasteiger partial charge in [-0.2, -0.15) is 5.26 Å². The van der Waals surface area contributed by atoms with Crippen LogP contribution in [0, 0.1) is 11.3 Å². The Labute approximate surface area is 70.0 Å². The molecule has 0 unspecified atom stereocenters. The minimum absolute atomic E-state index is 0.0174. The van der Waals surface area contributed by atoms with Crippen molar-refractivity contribution in [2.75, 3.05) is 6.61 Å². The van der Waals surface area contributed by atoms with Gasteiger partial charge in [-0.3, -0.25) is 9.79 Å². The zero-order valence-electron chi connectivity index (χ0n) is 6.25. The van der Waals surface area contributed by atoms with Crippen molar-refractivity contribution in [2.24, 2.45) is 0 Å². The van der Waals surface area contributed by atoms with Gasteiger partial charge < -0.3 is 9.63 Å². The molecule has 0 aliphatic heterocycles. The monoisotopic (exact) mass is 195 g/mol. The lowest BCUT2D eigenvalue weighted by molar-refractivity contribution is 0.259. The van der Waals surface area contributed by atoms with Gasteiger partial charge >= 0.3 is 7.82 Å². The largest absolute Gasteiger partial charge is 0.524 e. The van der Waals surface area contributed by atoms with Crippen LogP contribution in [0.4, 0.5) is 0 Å². The van der Waals surface area contributed by atoms with Gasteiger partial charge in [-0.25, -0.2) is 4.57 Å². The van der Waals surface area contributed by atoms with Gasteiger partial charge in [0.05, 0.1) is 25.4 Å². The Hall–Kier alpha value is -0.860. The van der Waals surface area contributed by atoms with Crippen molar-refractivity contribution in [1.29, 1.82) is 5.26 Å². The molecule has 0 aromatic carbocycles. The third-order valence-electron chi connectivity index (χ3n) is 0.435. The van der Waals surface area contributed by atoms with E-state index in [4.69, 9.17) is 20.2 Å². The van der Waals surface area contributed by atoms with Crippen molar-refractivity contribution in [3.05, 3.63) is 12.8 Å². The molecule has 0 aliphatic rings. The first-order valence-electron chi connectivity index (χ1n) is 2.80. The number of hydrogen-bond donors (Lipinski definition) is 3. The third-order valence-corrected chi connectivity index (χ3v) is 0.859. The standard InChI is InChI=1S/C3H5NO.C2H5O4P/c4-2-1-3-5;1-2-6-7(3,4)5/h5H,1,3H2;2H,1H2,(H2,3,4,5). The van der Waals surface area contributed by atoms with E-state index in [1.165, 1.54) is 0 Å². The molecule has 0 bridgehead atoms. The second-order valence-corrected chi connectivity index (χ2v) is 2.59. The van der Waals surface area contributed by atoms with Crippen LogP contribution in [0.5, 0.6) is 0 Å².